The second kappa shape index (κ2) is 17.5. The van der Waals surface area contributed by atoms with Gasteiger partial charge in [-0.3, -0.25) is 20.2 Å². The molecule has 0 unspecified atom stereocenters. The van der Waals surface area contributed by atoms with Gasteiger partial charge in [0.1, 0.15) is 17.3 Å². The number of hydrogen-bond acceptors (Lipinski definition) is 11. The van der Waals surface area contributed by atoms with Crippen molar-refractivity contribution in [2.45, 2.75) is 77.8 Å². The van der Waals surface area contributed by atoms with Gasteiger partial charge in [0.05, 0.1) is 29.0 Å². The molecule has 0 saturated carbocycles. The Morgan fingerprint density at radius 2 is 1.49 bits per heavy atom. The van der Waals surface area contributed by atoms with Crippen molar-refractivity contribution in [2.75, 3.05) is 39.4 Å². The molecule has 0 aromatic heterocycles. The predicted molar refractivity (Wildman–Crippen MR) is 172 cm³/mol. The molecule has 2 aromatic rings. The molecule has 1 aliphatic rings. The lowest BCUT2D eigenvalue weighted by Gasteiger charge is -2.29. The average Bonchev–Trinajstić information content (AvgIpc) is 3.24. The van der Waals surface area contributed by atoms with Crippen LogP contribution in [0.2, 0.25) is 0 Å². The summed E-state index contributed by atoms with van der Waals surface area (Å²) in [4.78, 5) is 47.8. The summed E-state index contributed by atoms with van der Waals surface area (Å²) in [5.74, 6) is 0. The summed E-state index contributed by atoms with van der Waals surface area (Å²) >= 11 is 0. The summed E-state index contributed by atoms with van der Waals surface area (Å²) in [5.41, 5.74) is 0.00534. The largest absolute Gasteiger partial charge is 0.444 e. The highest BCUT2D eigenvalue weighted by Gasteiger charge is 2.28. The van der Waals surface area contributed by atoms with Gasteiger partial charge in [0.25, 0.3) is 11.4 Å². The fourth-order valence-electron chi connectivity index (χ4n) is 4.31. The number of aliphatic hydroxyl groups excluding tert-OH is 2. The number of hydrogen-bond donors (Lipinski definition) is 2. The number of non-ortho nitro benzene ring substituents is 2. The van der Waals surface area contributed by atoms with E-state index in [0.29, 0.717) is 31.7 Å². The summed E-state index contributed by atoms with van der Waals surface area (Å²) in [6, 6.07) is 11.7. The Balaban J connectivity index is 0.000000327. The van der Waals surface area contributed by atoms with Gasteiger partial charge in [0.2, 0.25) is 0 Å². The van der Waals surface area contributed by atoms with Crippen LogP contribution in [0.3, 0.4) is 0 Å². The number of nitrogens with zero attached hydrogens (tertiary/aromatic N) is 4. The molecule has 1 saturated heterocycles. The minimum atomic E-state index is -1.02. The molecule has 0 radical (unpaired) electrons. The van der Waals surface area contributed by atoms with E-state index in [1.165, 1.54) is 41.3 Å². The van der Waals surface area contributed by atoms with Gasteiger partial charge in [0.15, 0.2) is 0 Å². The fraction of sp³-hybridized carbons (Fsp3) is 0.562. The van der Waals surface area contributed by atoms with E-state index >= 15 is 0 Å². The Morgan fingerprint density at radius 3 is 1.98 bits per heavy atom. The normalized spacial score (nSPS) is 15.7. The van der Waals surface area contributed by atoms with Crippen LogP contribution in [0.25, 0.3) is 0 Å². The summed E-state index contributed by atoms with van der Waals surface area (Å²) in [5, 5.41) is 40.6. The van der Waals surface area contributed by atoms with Crippen LogP contribution < -0.4 is 0 Å². The van der Waals surface area contributed by atoms with Gasteiger partial charge in [0, 0.05) is 50.6 Å². The maximum atomic E-state index is 12.2. The minimum absolute atomic E-state index is 0.0337. The number of ether oxygens (including phenoxy) is 3. The van der Waals surface area contributed by atoms with E-state index < -0.39 is 33.2 Å². The van der Waals surface area contributed by atoms with E-state index in [4.69, 9.17) is 19.3 Å². The maximum absolute atomic E-state index is 12.2. The van der Waals surface area contributed by atoms with Gasteiger partial charge in [-0.1, -0.05) is 0 Å². The number of nitro groups is 2. The molecular formula is C32H46N4O11. The summed E-state index contributed by atoms with van der Waals surface area (Å²) in [6.07, 6.45) is -1.20. The second-order valence-electron chi connectivity index (χ2n) is 12.9. The predicted octanol–water partition coefficient (Wildman–Crippen LogP) is 5.54. The number of nitro benzene ring substituents is 2. The molecule has 3 rings (SSSR count). The smallest absolute Gasteiger partial charge is 0.410 e. The van der Waals surface area contributed by atoms with Gasteiger partial charge in [-0.15, -0.1) is 0 Å². The van der Waals surface area contributed by atoms with E-state index in [-0.39, 0.29) is 43.3 Å². The van der Waals surface area contributed by atoms with E-state index in [9.17, 15) is 34.9 Å². The number of rotatable bonds is 9. The van der Waals surface area contributed by atoms with Crippen molar-refractivity contribution < 1.29 is 43.9 Å². The highest BCUT2D eigenvalue weighted by Crippen LogP contribution is 2.25. The standard InChI is InChI=1S/C16H24N2O6.C16H22N2O5/c1-16(2,3)24-15(21)17(9-4-10-19)11-14(20)12-5-7-13(8-6-12)18(22)23;1-16(2,3)23-15(19)17-9-4-10-22-14(11-17)12-5-7-13(8-6-12)18(20)21/h5-8,14,19-20H,4,9-11H2,1-3H3;5-8,14H,4,9-11H2,1-3H3/t2*14-/m11/s1. The van der Waals surface area contributed by atoms with E-state index in [1.807, 2.05) is 20.8 Å². The monoisotopic (exact) mass is 662 g/mol. The first-order valence-electron chi connectivity index (χ1n) is 15.2. The van der Waals surface area contributed by atoms with E-state index in [2.05, 4.69) is 0 Å². The molecule has 47 heavy (non-hydrogen) atoms. The highest BCUT2D eigenvalue weighted by atomic mass is 16.6. The Labute approximate surface area is 274 Å². The van der Waals surface area contributed by atoms with Gasteiger partial charge < -0.3 is 34.2 Å². The number of aliphatic hydroxyl groups is 2. The van der Waals surface area contributed by atoms with Crippen molar-refractivity contribution in [1.29, 1.82) is 0 Å². The van der Waals surface area contributed by atoms with Gasteiger partial charge in [-0.25, -0.2) is 9.59 Å². The molecular weight excluding hydrogens is 616 g/mol. The number of amides is 2. The van der Waals surface area contributed by atoms with Crippen LogP contribution in [0.15, 0.2) is 48.5 Å². The zero-order valence-electron chi connectivity index (χ0n) is 27.8. The topological polar surface area (TPSA) is 195 Å². The third kappa shape index (κ3) is 13.9. The molecule has 2 aromatic carbocycles. The Hall–Kier alpha value is -4.34. The van der Waals surface area contributed by atoms with Gasteiger partial charge >= 0.3 is 12.2 Å². The number of benzene rings is 2. The molecule has 2 atom stereocenters. The third-order valence-electron chi connectivity index (χ3n) is 6.52. The van der Waals surface area contributed by atoms with E-state index in [1.54, 1.807) is 37.8 Å². The lowest BCUT2D eigenvalue weighted by Crippen LogP contribution is -2.40. The molecule has 0 spiro atoms. The molecule has 0 bridgehead atoms. The summed E-state index contributed by atoms with van der Waals surface area (Å²) in [6.45, 7) is 12.3. The van der Waals surface area contributed by atoms with Gasteiger partial charge in [-0.2, -0.15) is 0 Å². The minimum Gasteiger partial charge on any atom is -0.444 e. The molecule has 1 heterocycles. The highest BCUT2D eigenvalue weighted by molar-refractivity contribution is 5.68. The van der Waals surface area contributed by atoms with Crippen LogP contribution in [0.4, 0.5) is 21.0 Å². The average molecular weight is 663 g/mol. The first kappa shape index (κ1) is 38.8. The van der Waals surface area contributed by atoms with Crippen LogP contribution in [0, 0.1) is 20.2 Å². The summed E-state index contributed by atoms with van der Waals surface area (Å²) < 4.78 is 16.5. The van der Waals surface area contributed by atoms with Crippen LogP contribution in [0.5, 0.6) is 0 Å². The van der Waals surface area contributed by atoms with Crippen LogP contribution in [-0.4, -0.2) is 92.6 Å². The number of carbonyl (C=O) groups is 2. The first-order valence-corrected chi connectivity index (χ1v) is 15.2. The molecule has 1 fully saturated rings. The molecule has 2 N–H and O–H groups in total. The van der Waals surface area contributed by atoms with Crippen molar-refractivity contribution in [3.8, 4) is 0 Å². The Bertz CT molecular complexity index is 1320. The summed E-state index contributed by atoms with van der Waals surface area (Å²) in [7, 11) is 0. The van der Waals surface area contributed by atoms with Crippen molar-refractivity contribution >= 4 is 23.6 Å². The second-order valence-corrected chi connectivity index (χ2v) is 12.9. The molecule has 2 amide bonds. The molecule has 15 nitrogen and oxygen atoms in total. The van der Waals surface area contributed by atoms with Crippen molar-refractivity contribution in [3.63, 3.8) is 0 Å². The maximum Gasteiger partial charge on any atom is 0.410 e. The first-order chi connectivity index (χ1) is 21.9. The molecule has 15 heteroatoms. The van der Waals surface area contributed by atoms with E-state index in [0.717, 1.165) is 12.0 Å². The lowest BCUT2D eigenvalue weighted by atomic mass is 10.1. The fourth-order valence-corrected chi connectivity index (χ4v) is 4.31. The zero-order valence-corrected chi connectivity index (χ0v) is 27.8. The molecule has 260 valence electrons. The quantitative estimate of drug-likeness (QED) is 0.253. The lowest BCUT2D eigenvalue weighted by molar-refractivity contribution is -0.385. The SMILES string of the molecule is CC(C)(C)OC(=O)N(CCCO)C[C@@H](O)c1ccc([N+](=O)[O-])cc1.CC(C)(C)OC(=O)N1CCCO[C@@H](c2ccc([N+](=O)[O-])cc2)C1. The van der Waals surface area contributed by atoms with Crippen molar-refractivity contribution in [2.24, 2.45) is 0 Å². The molecule has 1 aliphatic heterocycles. The Morgan fingerprint density at radius 1 is 0.957 bits per heavy atom. The third-order valence-corrected chi connectivity index (χ3v) is 6.52. The van der Waals surface area contributed by atoms with Crippen molar-refractivity contribution in [1.82, 2.24) is 9.80 Å². The molecule has 0 aliphatic carbocycles. The zero-order chi connectivity index (χ0) is 35.4. The van der Waals surface area contributed by atoms with Crippen LogP contribution in [-0.2, 0) is 14.2 Å². The van der Waals surface area contributed by atoms with Crippen LogP contribution in [0.1, 0.15) is 77.7 Å². The Kier molecular flexibility index (Phi) is 14.5. The van der Waals surface area contributed by atoms with Crippen LogP contribution >= 0.6 is 0 Å². The number of carbonyl (C=O) groups excluding carboxylic acids is 2. The van der Waals surface area contributed by atoms with Crippen molar-refractivity contribution in [3.05, 3.63) is 79.9 Å². The van der Waals surface area contributed by atoms with Gasteiger partial charge in [-0.05, 0) is 89.8 Å².